The molecule has 0 fully saturated rings. The second-order valence-electron chi connectivity index (χ2n) is 3.33. The third-order valence-electron chi connectivity index (χ3n) is 2.03. The molecule has 18 heavy (non-hydrogen) atoms. The summed E-state index contributed by atoms with van der Waals surface area (Å²) in [4.78, 5) is 15.5. The number of anilines is 1. The Labute approximate surface area is 118 Å². The van der Waals surface area contributed by atoms with Gasteiger partial charge < -0.3 is 0 Å². The molecular weight excluding hydrogens is 291 g/mol. The minimum atomic E-state index is -0.240. The normalized spacial score (nSPS) is 10.8. The van der Waals surface area contributed by atoms with Gasteiger partial charge in [0.1, 0.15) is 0 Å². The Hall–Kier alpha value is -1.36. The van der Waals surface area contributed by atoms with Crippen LogP contribution in [-0.4, -0.2) is 10.9 Å². The molecule has 1 aromatic carbocycles. The van der Waals surface area contributed by atoms with E-state index in [2.05, 4.69) is 10.3 Å². The number of benzene rings is 1. The molecule has 1 aromatic heterocycles. The maximum absolute atomic E-state index is 11.5. The van der Waals surface area contributed by atoms with E-state index in [0.29, 0.717) is 15.2 Å². The van der Waals surface area contributed by atoms with Gasteiger partial charge in [-0.25, -0.2) is 4.98 Å². The molecule has 1 N–H and O–H groups in total. The maximum atomic E-state index is 11.5. The molecule has 0 aliphatic rings. The van der Waals surface area contributed by atoms with Crippen LogP contribution in [0, 0.1) is 0 Å². The molecular formula is C12H8Cl2N2OS. The molecule has 0 bridgehead atoms. The summed E-state index contributed by atoms with van der Waals surface area (Å²) in [6, 6.07) is 5.15. The fraction of sp³-hybridized carbons (Fsp3) is 0. The van der Waals surface area contributed by atoms with Gasteiger partial charge in [0, 0.05) is 17.7 Å². The second-order valence-corrected chi connectivity index (χ2v) is 5.04. The van der Waals surface area contributed by atoms with E-state index in [9.17, 15) is 4.79 Å². The molecule has 0 unspecified atom stereocenters. The van der Waals surface area contributed by atoms with Crippen LogP contribution >= 0.6 is 34.5 Å². The molecule has 0 saturated heterocycles. The number of hydrogen-bond donors (Lipinski definition) is 1. The zero-order valence-electron chi connectivity index (χ0n) is 9.06. The van der Waals surface area contributed by atoms with Crippen molar-refractivity contribution in [2.45, 2.75) is 0 Å². The number of thiazole rings is 1. The highest BCUT2D eigenvalue weighted by molar-refractivity contribution is 7.13. The smallest absolute Gasteiger partial charge is 0.250 e. The lowest BCUT2D eigenvalue weighted by molar-refractivity contribution is -0.111. The Balaban J connectivity index is 2.01. The fourth-order valence-corrected chi connectivity index (χ4v) is 2.06. The van der Waals surface area contributed by atoms with E-state index < -0.39 is 0 Å². The molecule has 0 saturated carbocycles. The van der Waals surface area contributed by atoms with Gasteiger partial charge in [-0.2, -0.15) is 0 Å². The Morgan fingerprint density at radius 1 is 1.33 bits per heavy atom. The lowest BCUT2D eigenvalue weighted by atomic mass is 10.2. The van der Waals surface area contributed by atoms with E-state index in [1.807, 2.05) is 0 Å². The third kappa shape index (κ3) is 3.57. The highest BCUT2D eigenvalue weighted by Crippen LogP contribution is 2.23. The van der Waals surface area contributed by atoms with Crippen LogP contribution in [0.4, 0.5) is 5.13 Å². The summed E-state index contributed by atoms with van der Waals surface area (Å²) >= 11 is 13.0. The van der Waals surface area contributed by atoms with Crippen LogP contribution in [0.5, 0.6) is 0 Å². The van der Waals surface area contributed by atoms with Gasteiger partial charge in [0.25, 0.3) is 0 Å². The SMILES string of the molecule is O=C(C=Cc1ccc(Cl)c(Cl)c1)Nc1nccs1. The van der Waals surface area contributed by atoms with E-state index in [1.54, 1.807) is 35.9 Å². The Bertz CT molecular complexity index is 582. The van der Waals surface area contributed by atoms with Crippen molar-refractivity contribution >= 4 is 51.7 Å². The molecule has 3 nitrogen and oxygen atoms in total. The summed E-state index contributed by atoms with van der Waals surface area (Å²) in [6.45, 7) is 0. The summed E-state index contributed by atoms with van der Waals surface area (Å²) in [7, 11) is 0. The number of nitrogens with zero attached hydrogens (tertiary/aromatic N) is 1. The lowest BCUT2D eigenvalue weighted by Crippen LogP contribution is -2.06. The number of halogens is 2. The molecule has 1 amide bonds. The van der Waals surface area contributed by atoms with Crippen molar-refractivity contribution in [3.05, 3.63) is 51.5 Å². The topological polar surface area (TPSA) is 42.0 Å². The van der Waals surface area contributed by atoms with Crippen molar-refractivity contribution in [2.75, 3.05) is 5.32 Å². The highest BCUT2D eigenvalue weighted by atomic mass is 35.5. The number of hydrogen-bond acceptors (Lipinski definition) is 3. The van der Waals surface area contributed by atoms with Gasteiger partial charge in [-0.1, -0.05) is 29.3 Å². The van der Waals surface area contributed by atoms with Crippen LogP contribution in [0.1, 0.15) is 5.56 Å². The third-order valence-corrected chi connectivity index (χ3v) is 3.46. The molecule has 1 heterocycles. The van der Waals surface area contributed by atoms with Crippen LogP contribution in [-0.2, 0) is 4.79 Å². The molecule has 2 rings (SSSR count). The average Bonchev–Trinajstić information content (AvgIpc) is 2.83. The molecule has 2 aromatic rings. The predicted octanol–water partition coefficient (Wildman–Crippen LogP) is 4.10. The lowest BCUT2D eigenvalue weighted by Gasteiger charge is -1.98. The Morgan fingerprint density at radius 3 is 2.83 bits per heavy atom. The number of rotatable bonds is 3. The first kappa shape index (κ1) is 13.1. The quantitative estimate of drug-likeness (QED) is 0.867. The number of carbonyl (C=O) groups is 1. The minimum absolute atomic E-state index is 0.240. The highest BCUT2D eigenvalue weighted by Gasteiger charge is 2.00. The van der Waals surface area contributed by atoms with Crippen molar-refractivity contribution in [3.8, 4) is 0 Å². The molecule has 0 atom stereocenters. The van der Waals surface area contributed by atoms with Crippen molar-refractivity contribution in [1.29, 1.82) is 0 Å². The van der Waals surface area contributed by atoms with Gasteiger partial charge in [0.15, 0.2) is 5.13 Å². The van der Waals surface area contributed by atoms with Crippen molar-refractivity contribution in [2.24, 2.45) is 0 Å². The zero-order chi connectivity index (χ0) is 13.0. The molecule has 0 spiro atoms. The van der Waals surface area contributed by atoms with E-state index in [-0.39, 0.29) is 5.91 Å². The van der Waals surface area contributed by atoms with Crippen LogP contribution < -0.4 is 5.32 Å². The fourth-order valence-electron chi connectivity index (χ4n) is 1.22. The maximum Gasteiger partial charge on any atom is 0.250 e. The summed E-state index contributed by atoms with van der Waals surface area (Å²) in [6.07, 6.45) is 4.70. The standard InChI is InChI=1S/C12H8Cl2N2OS/c13-9-3-1-8(7-10(9)14)2-4-11(17)16-12-15-5-6-18-12/h1-7H,(H,15,16,17). The van der Waals surface area contributed by atoms with Gasteiger partial charge in [-0.3, -0.25) is 10.1 Å². The predicted molar refractivity (Wildman–Crippen MR) is 76.2 cm³/mol. The monoisotopic (exact) mass is 298 g/mol. The number of carbonyl (C=O) groups excluding carboxylic acids is 1. The average molecular weight is 299 g/mol. The molecule has 0 radical (unpaired) electrons. The van der Waals surface area contributed by atoms with E-state index >= 15 is 0 Å². The molecule has 6 heteroatoms. The Morgan fingerprint density at radius 2 is 2.17 bits per heavy atom. The minimum Gasteiger partial charge on any atom is -0.298 e. The van der Waals surface area contributed by atoms with Crippen molar-refractivity contribution in [1.82, 2.24) is 4.98 Å². The van der Waals surface area contributed by atoms with Gasteiger partial charge >= 0.3 is 0 Å². The molecule has 0 aliphatic heterocycles. The first-order chi connectivity index (χ1) is 8.65. The molecule has 92 valence electrons. The van der Waals surface area contributed by atoms with Crippen LogP contribution in [0.3, 0.4) is 0 Å². The van der Waals surface area contributed by atoms with E-state index in [0.717, 1.165) is 5.56 Å². The van der Waals surface area contributed by atoms with Crippen LogP contribution in [0.25, 0.3) is 6.08 Å². The van der Waals surface area contributed by atoms with Gasteiger partial charge in [-0.15, -0.1) is 11.3 Å². The van der Waals surface area contributed by atoms with Gasteiger partial charge in [0.05, 0.1) is 10.0 Å². The van der Waals surface area contributed by atoms with Crippen LogP contribution in [0.15, 0.2) is 35.9 Å². The number of aromatic nitrogens is 1. The zero-order valence-corrected chi connectivity index (χ0v) is 11.4. The van der Waals surface area contributed by atoms with Gasteiger partial charge in [0.2, 0.25) is 5.91 Å². The summed E-state index contributed by atoms with van der Waals surface area (Å²) in [5.74, 6) is -0.240. The van der Waals surface area contributed by atoms with Crippen LogP contribution in [0.2, 0.25) is 10.0 Å². The first-order valence-electron chi connectivity index (χ1n) is 4.99. The van der Waals surface area contributed by atoms with Crippen molar-refractivity contribution in [3.63, 3.8) is 0 Å². The second kappa shape index (κ2) is 6.00. The Kier molecular flexibility index (Phi) is 4.36. The summed E-state index contributed by atoms with van der Waals surface area (Å²) in [5, 5.41) is 5.94. The molecule has 0 aliphatic carbocycles. The number of amides is 1. The first-order valence-corrected chi connectivity index (χ1v) is 6.62. The van der Waals surface area contributed by atoms with E-state index in [4.69, 9.17) is 23.2 Å². The van der Waals surface area contributed by atoms with Gasteiger partial charge in [-0.05, 0) is 23.8 Å². The summed E-state index contributed by atoms with van der Waals surface area (Å²) in [5.41, 5.74) is 0.804. The summed E-state index contributed by atoms with van der Waals surface area (Å²) < 4.78 is 0. The van der Waals surface area contributed by atoms with Crippen molar-refractivity contribution < 1.29 is 4.79 Å². The largest absolute Gasteiger partial charge is 0.298 e. The number of nitrogens with one attached hydrogen (secondary N) is 1. The van der Waals surface area contributed by atoms with E-state index in [1.165, 1.54) is 17.4 Å².